The van der Waals surface area contributed by atoms with Crippen molar-refractivity contribution >= 4 is 0 Å². The molecule has 0 saturated carbocycles. The van der Waals surface area contributed by atoms with Crippen molar-refractivity contribution in [3.8, 4) is 0 Å². The summed E-state index contributed by atoms with van der Waals surface area (Å²) in [6.07, 6.45) is 12.3. The summed E-state index contributed by atoms with van der Waals surface area (Å²) in [7, 11) is 0. The first-order chi connectivity index (χ1) is 8.65. The first-order valence-corrected chi connectivity index (χ1v) is 7.00. The summed E-state index contributed by atoms with van der Waals surface area (Å²) in [5.41, 5.74) is 7.03. The fourth-order valence-electron chi connectivity index (χ4n) is 2.58. The van der Waals surface area contributed by atoms with Crippen LogP contribution in [0.2, 0.25) is 0 Å². The zero-order valence-corrected chi connectivity index (χ0v) is 12.2. The fraction of sp³-hybridized carbons (Fsp3) is 0.444. The molecule has 0 fully saturated rings. The Morgan fingerprint density at radius 1 is 1.33 bits per heavy atom. The molecule has 0 atom stereocenters. The standard InChI is InChI=1S/C18H26/c1-6-9-12-17-15(5)11-10-13-18(17)16(8-3)14(4)7-2/h7-8,11H,2-3,6,9-10,12-13H2,1,4-5H3/b16-14+. The molecule has 0 saturated heterocycles. The van der Waals surface area contributed by atoms with E-state index in [9.17, 15) is 0 Å². The molecule has 18 heavy (non-hydrogen) atoms. The number of rotatable bonds is 6. The summed E-state index contributed by atoms with van der Waals surface area (Å²) in [6, 6.07) is 0. The molecule has 98 valence electrons. The second kappa shape index (κ2) is 7.20. The van der Waals surface area contributed by atoms with Crippen molar-refractivity contribution < 1.29 is 0 Å². The summed E-state index contributed by atoms with van der Waals surface area (Å²) in [5, 5.41) is 0. The summed E-state index contributed by atoms with van der Waals surface area (Å²) < 4.78 is 0. The van der Waals surface area contributed by atoms with Crippen LogP contribution in [0.15, 0.2) is 59.3 Å². The molecule has 0 amide bonds. The van der Waals surface area contributed by atoms with Crippen molar-refractivity contribution in [3.63, 3.8) is 0 Å². The van der Waals surface area contributed by atoms with Crippen LogP contribution < -0.4 is 0 Å². The van der Waals surface area contributed by atoms with Crippen LogP contribution in [0.4, 0.5) is 0 Å². The van der Waals surface area contributed by atoms with Gasteiger partial charge in [0, 0.05) is 0 Å². The molecule has 0 aliphatic heterocycles. The average Bonchev–Trinajstić information content (AvgIpc) is 2.38. The zero-order chi connectivity index (χ0) is 13.5. The summed E-state index contributed by atoms with van der Waals surface area (Å²) in [4.78, 5) is 0. The van der Waals surface area contributed by atoms with E-state index in [0.717, 1.165) is 12.8 Å². The minimum atomic E-state index is 1.14. The van der Waals surface area contributed by atoms with Crippen LogP contribution in [0.25, 0.3) is 0 Å². The van der Waals surface area contributed by atoms with Gasteiger partial charge in [-0.05, 0) is 61.8 Å². The Bertz CT molecular complexity index is 413. The van der Waals surface area contributed by atoms with Gasteiger partial charge in [-0.15, -0.1) is 0 Å². The van der Waals surface area contributed by atoms with Crippen molar-refractivity contribution in [2.24, 2.45) is 0 Å². The number of hydrogen-bond acceptors (Lipinski definition) is 0. The Kier molecular flexibility index (Phi) is 5.91. The molecule has 1 rings (SSSR count). The third-order valence-electron chi connectivity index (χ3n) is 3.73. The Labute approximate surface area is 112 Å². The minimum absolute atomic E-state index is 1.14. The molecule has 1 aliphatic carbocycles. The molecular weight excluding hydrogens is 216 g/mol. The lowest BCUT2D eigenvalue weighted by Gasteiger charge is -2.22. The quantitative estimate of drug-likeness (QED) is 0.508. The lowest BCUT2D eigenvalue weighted by Crippen LogP contribution is -2.03. The Balaban J connectivity index is 3.24. The van der Waals surface area contributed by atoms with Crippen LogP contribution in [0.3, 0.4) is 0 Å². The van der Waals surface area contributed by atoms with Crippen LogP contribution in [0.1, 0.15) is 52.9 Å². The van der Waals surface area contributed by atoms with E-state index < -0.39 is 0 Å². The van der Waals surface area contributed by atoms with Gasteiger partial charge < -0.3 is 0 Å². The lowest BCUT2D eigenvalue weighted by molar-refractivity contribution is 0.769. The van der Waals surface area contributed by atoms with E-state index in [1.807, 2.05) is 12.2 Å². The first-order valence-electron chi connectivity index (χ1n) is 7.00. The van der Waals surface area contributed by atoms with Gasteiger partial charge in [-0.1, -0.05) is 50.3 Å². The third-order valence-corrected chi connectivity index (χ3v) is 3.73. The molecule has 0 aromatic carbocycles. The van der Waals surface area contributed by atoms with Gasteiger partial charge in [0.1, 0.15) is 0 Å². The smallest absolute Gasteiger partial charge is 0.0198 e. The van der Waals surface area contributed by atoms with Gasteiger partial charge in [0.2, 0.25) is 0 Å². The maximum atomic E-state index is 3.99. The van der Waals surface area contributed by atoms with Crippen LogP contribution in [-0.4, -0.2) is 0 Å². The van der Waals surface area contributed by atoms with Gasteiger partial charge in [-0.2, -0.15) is 0 Å². The number of hydrogen-bond donors (Lipinski definition) is 0. The van der Waals surface area contributed by atoms with Crippen LogP contribution >= 0.6 is 0 Å². The van der Waals surface area contributed by atoms with E-state index in [1.165, 1.54) is 41.6 Å². The van der Waals surface area contributed by atoms with Crippen molar-refractivity contribution in [1.82, 2.24) is 0 Å². The Hall–Kier alpha value is -1.30. The summed E-state index contributed by atoms with van der Waals surface area (Å²) in [5.74, 6) is 0. The molecule has 0 nitrogen and oxygen atoms in total. The van der Waals surface area contributed by atoms with E-state index in [4.69, 9.17) is 0 Å². The topological polar surface area (TPSA) is 0 Å². The maximum absolute atomic E-state index is 3.99. The second-order valence-corrected chi connectivity index (χ2v) is 4.99. The fourth-order valence-corrected chi connectivity index (χ4v) is 2.58. The molecule has 0 aromatic rings. The lowest BCUT2D eigenvalue weighted by atomic mass is 9.83. The molecule has 0 N–H and O–H groups in total. The minimum Gasteiger partial charge on any atom is -0.0988 e. The van der Waals surface area contributed by atoms with Crippen molar-refractivity contribution in [3.05, 3.63) is 59.3 Å². The second-order valence-electron chi connectivity index (χ2n) is 4.99. The van der Waals surface area contributed by atoms with Crippen molar-refractivity contribution in [1.29, 1.82) is 0 Å². The molecule has 0 spiro atoms. The van der Waals surface area contributed by atoms with Gasteiger partial charge in [0.15, 0.2) is 0 Å². The zero-order valence-electron chi connectivity index (χ0n) is 12.2. The van der Waals surface area contributed by atoms with Crippen LogP contribution in [0.5, 0.6) is 0 Å². The Morgan fingerprint density at radius 2 is 2.06 bits per heavy atom. The Morgan fingerprint density at radius 3 is 2.61 bits per heavy atom. The highest BCUT2D eigenvalue weighted by atomic mass is 14.2. The number of unbranched alkanes of at least 4 members (excludes halogenated alkanes) is 1. The third kappa shape index (κ3) is 3.35. The van der Waals surface area contributed by atoms with Crippen LogP contribution in [0, 0.1) is 0 Å². The maximum Gasteiger partial charge on any atom is -0.0198 e. The van der Waals surface area contributed by atoms with Crippen molar-refractivity contribution in [2.75, 3.05) is 0 Å². The predicted octanol–water partition coefficient (Wildman–Crippen LogP) is 5.90. The highest BCUT2D eigenvalue weighted by molar-refractivity contribution is 5.53. The molecule has 1 aliphatic rings. The van der Waals surface area contributed by atoms with E-state index in [1.54, 1.807) is 5.57 Å². The summed E-state index contributed by atoms with van der Waals surface area (Å²) in [6.45, 7) is 14.5. The molecule has 0 heteroatoms. The normalized spacial score (nSPS) is 17.2. The molecule has 0 unspecified atom stereocenters. The highest BCUT2D eigenvalue weighted by Crippen LogP contribution is 2.34. The molecule has 0 radical (unpaired) electrons. The van der Waals surface area contributed by atoms with E-state index in [-0.39, 0.29) is 0 Å². The average molecular weight is 242 g/mol. The molecule has 0 aromatic heterocycles. The van der Waals surface area contributed by atoms with Gasteiger partial charge in [0.25, 0.3) is 0 Å². The SMILES string of the molecule is C=C/C(C)=C(\C=C)C1=C(CCCC)C(C)=CCC1. The van der Waals surface area contributed by atoms with Gasteiger partial charge in [-0.25, -0.2) is 0 Å². The summed E-state index contributed by atoms with van der Waals surface area (Å²) >= 11 is 0. The van der Waals surface area contributed by atoms with E-state index in [0.29, 0.717) is 0 Å². The molecule has 0 heterocycles. The predicted molar refractivity (Wildman–Crippen MR) is 82.6 cm³/mol. The van der Waals surface area contributed by atoms with E-state index in [2.05, 4.69) is 40.0 Å². The molecular formula is C18H26. The highest BCUT2D eigenvalue weighted by Gasteiger charge is 2.15. The monoisotopic (exact) mass is 242 g/mol. The largest absolute Gasteiger partial charge is 0.0988 e. The van der Waals surface area contributed by atoms with E-state index >= 15 is 0 Å². The molecule has 0 bridgehead atoms. The van der Waals surface area contributed by atoms with Gasteiger partial charge in [-0.3, -0.25) is 0 Å². The van der Waals surface area contributed by atoms with Crippen LogP contribution in [-0.2, 0) is 0 Å². The van der Waals surface area contributed by atoms with Crippen molar-refractivity contribution in [2.45, 2.75) is 52.9 Å². The van der Waals surface area contributed by atoms with Gasteiger partial charge in [0.05, 0.1) is 0 Å². The number of allylic oxidation sites excluding steroid dienone is 8. The van der Waals surface area contributed by atoms with Gasteiger partial charge >= 0.3 is 0 Å². The first kappa shape index (κ1) is 14.8.